The Morgan fingerprint density at radius 3 is 2.79 bits per heavy atom. The average Bonchev–Trinajstić information content (AvgIpc) is 2.71. The molecule has 1 heterocycles. The number of morpholine rings is 1. The molecular formula is C22H25ClFNO4. The van der Waals surface area contributed by atoms with Gasteiger partial charge in [0.1, 0.15) is 11.6 Å². The molecule has 1 fully saturated rings. The number of aryl methyl sites for hydroxylation is 1. The van der Waals surface area contributed by atoms with Crippen molar-refractivity contribution in [2.24, 2.45) is 0 Å². The van der Waals surface area contributed by atoms with Crippen LogP contribution < -0.4 is 4.74 Å². The molecule has 1 saturated heterocycles. The molecule has 0 bridgehead atoms. The molecule has 1 N–H and O–H groups in total. The Morgan fingerprint density at radius 1 is 1.28 bits per heavy atom. The van der Waals surface area contributed by atoms with Gasteiger partial charge < -0.3 is 14.6 Å². The first-order valence-electron chi connectivity index (χ1n) is 9.73. The number of benzene rings is 2. The Labute approximate surface area is 175 Å². The van der Waals surface area contributed by atoms with Gasteiger partial charge in [-0.25, -0.2) is 4.39 Å². The van der Waals surface area contributed by atoms with E-state index in [0.717, 1.165) is 36.3 Å². The van der Waals surface area contributed by atoms with E-state index in [1.54, 1.807) is 6.07 Å². The van der Waals surface area contributed by atoms with Gasteiger partial charge in [-0.1, -0.05) is 29.8 Å². The van der Waals surface area contributed by atoms with Crippen LogP contribution in [0.25, 0.3) is 0 Å². The van der Waals surface area contributed by atoms with E-state index in [1.807, 2.05) is 24.3 Å². The fraction of sp³-hybridized carbons (Fsp3) is 0.409. The second-order valence-corrected chi connectivity index (χ2v) is 7.47. The second kappa shape index (κ2) is 10.6. The van der Waals surface area contributed by atoms with Crippen LogP contribution in [0.3, 0.4) is 0 Å². The number of ether oxygens (including phenoxy) is 2. The van der Waals surface area contributed by atoms with Crippen LogP contribution in [0.1, 0.15) is 30.1 Å². The van der Waals surface area contributed by atoms with E-state index in [0.29, 0.717) is 31.3 Å². The average molecular weight is 422 g/mol. The maximum Gasteiger partial charge on any atom is 0.304 e. The fourth-order valence-corrected chi connectivity index (χ4v) is 3.58. The van der Waals surface area contributed by atoms with E-state index >= 15 is 0 Å². The summed E-state index contributed by atoms with van der Waals surface area (Å²) in [6.45, 7) is 3.11. The number of halogens is 2. The first-order chi connectivity index (χ1) is 14.0. The molecule has 1 aliphatic heterocycles. The standard InChI is InChI=1S/C22H25ClFNO4/c23-20-14-18(24)6-3-16(20)2-1-12-28-19-7-4-17(5-8-19)21-15-25(11-13-29-21)10-9-22(26)27/h3-8,14,21H,1-2,9-13,15H2,(H,26,27). The summed E-state index contributed by atoms with van der Waals surface area (Å²) in [5.74, 6) is -0.337. The first-order valence-corrected chi connectivity index (χ1v) is 10.1. The Morgan fingerprint density at radius 2 is 2.07 bits per heavy atom. The lowest BCUT2D eigenvalue weighted by Crippen LogP contribution is -2.39. The lowest BCUT2D eigenvalue weighted by Gasteiger charge is -2.32. The van der Waals surface area contributed by atoms with Gasteiger partial charge in [-0.2, -0.15) is 0 Å². The molecule has 1 aliphatic rings. The zero-order valence-corrected chi connectivity index (χ0v) is 16.9. The summed E-state index contributed by atoms with van der Waals surface area (Å²) >= 11 is 6.04. The molecule has 7 heteroatoms. The smallest absolute Gasteiger partial charge is 0.304 e. The van der Waals surface area contributed by atoms with E-state index in [4.69, 9.17) is 26.2 Å². The minimum Gasteiger partial charge on any atom is -0.494 e. The Bertz CT molecular complexity index is 815. The first kappa shape index (κ1) is 21.6. The molecule has 0 aromatic heterocycles. The van der Waals surface area contributed by atoms with Crippen LogP contribution in [0.15, 0.2) is 42.5 Å². The molecule has 156 valence electrons. The molecule has 2 aromatic carbocycles. The lowest BCUT2D eigenvalue weighted by molar-refractivity contribution is -0.137. The van der Waals surface area contributed by atoms with Crippen molar-refractivity contribution in [2.75, 3.05) is 32.8 Å². The van der Waals surface area contributed by atoms with Crippen molar-refractivity contribution in [3.05, 3.63) is 64.4 Å². The van der Waals surface area contributed by atoms with Crippen LogP contribution in [-0.4, -0.2) is 48.8 Å². The van der Waals surface area contributed by atoms with Gasteiger partial charge >= 0.3 is 5.97 Å². The third kappa shape index (κ3) is 6.70. The number of carboxylic acid groups (broad SMARTS) is 1. The van der Waals surface area contributed by atoms with Crippen LogP contribution in [-0.2, 0) is 16.0 Å². The lowest BCUT2D eigenvalue weighted by atomic mass is 10.1. The highest BCUT2D eigenvalue weighted by Gasteiger charge is 2.22. The summed E-state index contributed by atoms with van der Waals surface area (Å²) in [4.78, 5) is 12.9. The molecule has 29 heavy (non-hydrogen) atoms. The van der Waals surface area contributed by atoms with Crippen molar-refractivity contribution >= 4 is 17.6 Å². The van der Waals surface area contributed by atoms with Crippen molar-refractivity contribution in [3.8, 4) is 5.75 Å². The number of aliphatic carboxylic acids is 1. The van der Waals surface area contributed by atoms with Gasteiger partial charge in [0.15, 0.2) is 0 Å². The summed E-state index contributed by atoms with van der Waals surface area (Å²) in [6, 6.07) is 12.2. The van der Waals surface area contributed by atoms with Gasteiger partial charge in [-0.3, -0.25) is 9.69 Å². The third-order valence-corrected chi connectivity index (χ3v) is 5.27. The van der Waals surface area contributed by atoms with E-state index in [2.05, 4.69) is 4.90 Å². The second-order valence-electron chi connectivity index (χ2n) is 7.06. The van der Waals surface area contributed by atoms with Crippen LogP contribution in [0, 0.1) is 5.82 Å². The minimum absolute atomic E-state index is 0.0628. The van der Waals surface area contributed by atoms with Gasteiger partial charge in [-0.15, -0.1) is 0 Å². The van der Waals surface area contributed by atoms with E-state index in [1.165, 1.54) is 12.1 Å². The highest BCUT2D eigenvalue weighted by Crippen LogP contribution is 2.25. The predicted octanol–water partition coefficient (Wildman–Crippen LogP) is 4.34. The molecule has 0 saturated carbocycles. The van der Waals surface area contributed by atoms with Crippen molar-refractivity contribution in [1.29, 1.82) is 0 Å². The van der Waals surface area contributed by atoms with Gasteiger partial charge in [0.2, 0.25) is 0 Å². The highest BCUT2D eigenvalue weighted by atomic mass is 35.5. The van der Waals surface area contributed by atoms with Crippen LogP contribution >= 0.6 is 11.6 Å². The molecule has 0 amide bonds. The topological polar surface area (TPSA) is 59.0 Å². The number of hydrogen-bond acceptors (Lipinski definition) is 4. The van der Waals surface area contributed by atoms with Gasteiger partial charge in [0.25, 0.3) is 0 Å². The number of rotatable bonds is 9. The SMILES string of the molecule is O=C(O)CCN1CCOC(c2ccc(OCCCc3ccc(F)cc3Cl)cc2)C1. The van der Waals surface area contributed by atoms with Gasteiger partial charge in [0, 0.05) is 24.7 Å². The summed E-state index contributed by atoms with van der Waals surface area (Å²) < 4.78 is 24.7. The van der Waals surface area contributed by atoms with Crippen molar-refractivity contribution < 1.29 is 23.8 Å². The zero-order valence-electron chi connectivity index (χ0n) is 16.2. The van der Waals surface area contributed by atoms with Gasteiger partial charge in [-0.05, 0) is 48.2 Å². The molecule has 0 aliphatic carbocycles. The summed E-state index contributed by atoms with van der Waals surface area (Å²) in [6.07, 6.45) is 1.58. The fourth-order valence-electron chi connectivity index (χ4n) is 3.32. The number of hydrogen-bond donors (Lipinski definition) is 1. The van der Waals surface area contributed by atoms with Crippen molar-refractivity contribution in [2.45, 2.75) is 25.4 Å². The van der Waals surface area contributed by atoms with E-state index in [-0.39, 0.29) is 18.3 Å². The maximum absolute atomic E-state index is 13.1. The van der Waals surface area contributed by atoms with Crippen molar-refractivity contribution in [1.82, 2.24) is 4.90 Å². The largest absolute Gasteiger partial charge is 0.494 e. The van der Waals surface area contributed by atoms with Crippen LogP contribution in [0.5, 0.6) is 5.75 Å². The highest BCUT2D eigenvalue weighted by molar-refractivity contribution is 6.31. The number of carbonyl (C=O) groups is 1. The summed E-state index contributed by atoms with van der Waals surface area (Å²) in [5, 5.41) is 9.29. The van der Waals surface area contributed by atoms with E-state index < -0.39 is 5.97 Å². The Hall–Kier alpha value is -2.15. The summed E-state index contributed by atoms with van der Waals surface area (Å²) in [7, 11) is 0. The normalized spacial score (nSPS) is 17.2. The minimum atomic E-state index is -0.781. The third-order valence-electron chi connectivity index (χ3n) is 4.92. The number of nitrogens with zero attached hydrogens (tertiary/aromatic N) is 1. The maximum atomic E-state index is 13.1. The molecule has 3 rings (SSSR count). The van der Waals surface area contributed by atoms with Crippen molar-refractivity contribution in [3.63, 3.8) is 0 Å². The molecule has 0 spiro atoms. The summed E-state index contributed by atoms with van der Waals surface area (Å²) in [5.41, 5.74) is 1.96. The quantitative estimate of drug-likeness (QED) is 0.610. The van der Waals surface area contributed by atoms with E-state index in [9.17, 15) is 9.18 Å². The zero-order chi connectivity index (χ0) is 20.6. The van der Waals surface area contributed by atoms with Gasteiger partial charge in [0.05, 0.1) is 25.7 Å². The Balaban J connectivity index is 1.44. The van der Waals surface area contributed by atoms with Crippen LogP contribution in [0.2, 0.25) is 5.02 Å². The molecular weight excluding hydrogens is 397 g/mol. The number of carboxylic acids is 1. The molecule has 5 nitrogen and oxygen atoms in total. The molecule has 1 unspecified atom stereocenters. The molecule has 2 aromatic rings. The van der Waals surface area contributed by atoms with Crippen LogP contribution in [0.4, 0.5) is 4.39 Å². The molecule has 1 atom stereocenters. The monoisotopic (exact) mass is 421 g/mol. The molecule has 0 radical (unpaired) electrons. The predicted molar refractivity (Wildman–Crippen MR) is 109 cm³/mol. The Kier molecular flexibility index (Phi) is 7.86.